The van der Waals surface area contributed by atoms with E-state index < -0.39 is 0 Å². The first kappa shape index (κ1) is 15.1. The fourth-order valence-corrected chi connectivity index (χ4v) is 3.46. The van der Waals surface area contributed by atoms with Gasteiger partial charge >= 0.3 is 0 Å². The number of fused-ring (bicyclic) bond motifs is 1. The molecule has 6 heteroatoms. The van der Waals surface area contributed by atoms with Crippen LogP contribution in [0.3, 0.4) is 0 Å². The number of likely N-dealkylation sites (tertiary alicyclic amines) is 1. The number of H-pyrrole nitrogens is 1. The Bertz CT molecular complexity index is 899. The van der Waals surface area contributed by atoms with Crippen LogP contribution in [0.15, 0.2) is 41.3 Å². The topological polar surface area (TPSA) is 66.8 Å². The van der Waals surface area contributed by atoms with Gasteiger partial charge in [0.15, 0.2) is 5.65 Å². The van der Waals surface area contributed by atoms with Gasteiger partial charge in [0.05, 0.1) is 12.2 Å². The van der Waals surface area contributed by atoms with Crippen molar-refractivity contribution >= 4 is 11.0 Å². The van der Waals surface area contributed by atoms with E-state index in [9.17, 15) is 4.79 Å². The van der Waals surface area contributed by atoms with Gasteiger partial charge in [-0.3, -0.25) is 4.79 Å². The van der Waals surface area contributed by atoms with Gasteiger partial charge in [-0.2, -0.15) is 5.10 Å². The lowest BCUT2D eigenvalue weighted by Gasteiger charge is -2.29. The van der Waals surface area contributed by atoms with Crippen molar-refractivity contribution in [2.24, 2.45) is 0 Å². The Morgan fingerprint density at radius 2 is 2.12 bits per heavy atom. The number of likely N-dealkylation sites (N-methyl/N-ethyl adjacent to an activating group) is 1. The van der Waals surface area contributed by atoms with Crippen LogP contribution in [0.25, 0.3) is 11.0 Å². The SMILES string of the molecule is CN1CCCC(n2ncc3c(=O)[nH]c(Cc4ccccc4)nc32)C1. The van der Waals surface area contributed by atoms with Gasteiger partial charge in [-0.15, -0.1) is 0 Å². The smallest absolute Gasteiger partial charge is 0.262 e. The molecular formula is C18H21N5O. The van der Waals surface area contributed by atoms with E-state index in [0.29, 0.717) is 23.3 Å². The minimum absolute atomic E-state index is 0.110. The monoisotopic (exact) mass is 323 g/mol. The molecule has 124 valence electrons. The normalized spacial score (nSPS) is 19.0. The molecule has 1 saturated heterocycles. The quantitative estimate of drug-likeness (QED) is 0.800. The Kier molecular flexibility index (Phi) is 3.90. The van der Waals surface area contributed by atoms with Gasteiger partial charge < -0.3 is 9.88 Å². The zero-order chi connectivity index (χ0) is 16.5. The van der Waals surface area contributed by atoms with Gasteiger partial charge in [-0.1, -0.05) is 30.3 Å². The molecule has 4 rings (SSSR count). The molecule has 0 aliphatic carbocycles. The first-order valence-electron chi connectivity index (χ1n) is 8.39. The van der Waals surface area contributed by atoms with Crippen molar-refractivity contribution in [1.82, 2.24) is 24.6 Å². The van der Waals surface area contributed by atoms with Crippen molar-refractivity contribution in [2.75, 3.05) is 20.1 Å². The van der Waals surface area contributed by atoms with Crippen molar-refractivity contribution in [3.8, 4) is 0 Å². The summed E-state index contributed by atoms with van der Waals surface area (Å²) in [6.07, 6.45) is 4.47. The molecule has 0 bridgehead atoms. The summed E-state index contributed by atoms with van der Waals surface area (Å²) in [6.45, 7) is 2.06. The van der Waals surface area contributed by atoms with E-state index in [1.54, 1.807) is 6.20 Å². The van der Waals surface area contributed by atoms with Gasteiger partial charge in [-0.25, -0.2) is 9.67 Å². The molecule has 3 aromatic rings. The summed E-state index contributed by atoms with van der Waals surface area (Å²) >= 11 is 0. The van der Waals surface area contributed by atoms with Crippen LogP contribution in [0, 0.1) is 0 Å². The van der Waals surface area contributed by atoms with Gasteiger partial charge in [0.1, 0.15) is 11.2 Å². The molecule has 1 atom stereocenters. The Morgan fingerprint density at radius 3 is 2.92 bits per heavy atom. The van der Waals surface area contributed by atoms with E-state index in [1.165, 1.54) is 0 Å². The highest BCUT2D eigenvalue weighted by atomic mass is 16.1. The maximum atomic E-state index is 12.4. The number of benzene rings is 1. The summed E-state index contributed by atoms with van der Waals surface area (Å²) in [4.78, 5) is 22.3. The molecule has 1 aromatic carbocycles. The standard InChI is InChI=1S/C18H21N5O/c1-22-9-5-8-14(12-22)23-17-15(11-19-23)18(24)21-16(20-17)10-13-6-3-2-4-7-13/h2-4,6-7,11,14H,5,8-10,12H2,1H3,(H,20,21,24). The fourth-order valence-electron chi connectivity index (χ4n) is 3.46. The van der Waals surface area contributed by atoms with Crippen LogP contribution in [0.2, 0.25) is 0 Å². The third-order valence-corrected chi connectivity index (χ3v) is 4.67. The summed E-state index contributed by atoms with van der Waals surface area (Å²) in [5, 5.41) is 5.04. The molecule has 3 heterocycles. The minimum atomic E-state index is -0.110. The number of nitrogens with one attached hydrogen (secondary N) is 1. The Hall–Kier alpha value is -2.47. The van der Waals surface area contributed by atoms with Crippen LogP contribution in [-0.2, 0) is 6.42 Å². The second-order valence-corrected chi connectivity index (χ2v) is 6.56. The van der Waals surface area contributed by atoms with E-state index >= 15 is 0 Å². The second-order valence-electron chi connectivity index (χ2n) is 6.56. The van der Waals surface area contributed by atoms with E-state index in [-0.39, 0.29) is 11.6 Å². The van der Waals surface area contributed by atoms with Gasteiger partial charge in [0.2, 0.25) is 0 Å². The highest BCUT2D eigenvalue weighted by molar-refractivity contribution is 5.73. The molecular weight excluding hydrogens is 302 g/mol. The molecule has 0 spiro atoms. The molecule has 6 nitrogen and oxygen atoms in total. The van der Waals surface area contributed by atoms with Crippen molar-refractivity contribution in [1.29, 1.82) is 0 Å². The molecule has 2 aromatic heterocycles. The number of hydrogen-bond donors (Lipinski definition) is 1. The second kappa shape index (κ2) is 6.20. The lowest BCUT2D eigenvalue weighted by Crippen LogP contribution is -2.34. The molecule has 0 radical (unpaired) electrons. The number of aromatic nitrogens is 4. The first-order chi connectivity index (χ1) is 11.7. The highest BCUT2D eigenvalue weighted by Crippen LogP contribution is 2.22. The molecule has 1 unspecified atom stereocenters. The van der Waals surface area contributed by atoms with E-state index in [1.807, 2.05) is 35.0 Å². The van der Waals surface area contributed by atoms with Gasteiger partial charge in [0, 0.05) is 13.0 Å². The number of aromatic amines is 1. The summed E-state index contributed by atoms with van der Waals surface area (Å²) < 4.78 is 1.94. The number of nitrogens with zero attached hydrogens (tertiary/aromatic N) is 4. The third kappa shape index (κ3) is 2.85. The Labute approximate surface area is 140 Å². The molecule has 1 aliphatic heterocycles. The molecule has 24 heavy (non-hydrogen) atoms. The lowest BCUT2D eigenvalue weighted by molar-refractivity contribution is 0.205. The fraction of sp³-hybridized carbons (Fsp3) is 0.389. The number of piperidine rings is 1. The number of rotatable bonds is 3. The van der Waals surface area contributed by atoms with Crippen molar-refractivity contribution in [3.63, 3.8) is 0 Å². The van der Waals surface area contributed by atoms with Crippen molar-refractivity contribution < 1.29 is 0 Å². The highest BCUT2D eigenvalue weighted by Gasteiger charge is 2.22. The summed E-state index contributed by atoms with van der Waals surface area (Å²) in [7, 11) is 2.12. The van der Waals surface area contributed by atoms with Gasteiger partial charge in [-0.05, 0) is 32.0 Å². The predicted octanol–water partition coefficient (Wildman–Crippen LogP) is 1.98. The van der Waals surface area contributed by atoms with Crippen LogP contribution >= 0.6 is 0 Å². The van der Waals surface area contributed by atoms with Crippen molar-refractivity contribution in [3.05, 3.63) is 58.3 Å². The Balaban J connectivity index is 1.73. The molecule has 0 saturated carbocycles. The first-order valence-corrected chi connectivity index (χ1v) is 8.39. The van der Waals surface area contributed by atoms with Crippen molar-refractivity contribution in [2.45, 2.75) is 25.3 Å². The van der Waals surface area contributed by atoms with Crippen LogP contribution in [-0.4, -0.2) is 44.8 Å². The molecule has 1 fully saturated rings. The average Bonchev–Trinajstić information content (AvgIpc) is 3.00. The summed E-state index contributed by atoms with van der Waals surface area (Å²) in [5.74, 6) is 0.685. The van der Waals surface area contributed by atoms with E-state index in [0.717, 1.165) is 31.5 Å². The van der Waals surface area contributed by atoms with E-state index in [2.05, 4.69) is 22.0 Å². The largest absolute Gasteiger partial charge is 0.310 e. The lowest BCUT2D eigenvalue weighted by atomic mass is 10.1. The molecule has 1 aliphatic rings. The zero-order valence-electron chi connectivity index (χ0n) is 13.8. The third-order valence-electron chi connectivity index (χ3n) is 4.67. The van der Waals surface area contributed by atoms with Gasteiger partial charge in [0.25, 0.3) is 5.56 Å². The maximum Gasteiger partial charge on any atom is 0.262 e. The van der Waals surface area contributed by atoms with Crippen LogP contribution in [0.1, 0.15) is 30.3 Å². The Morgan fingerprint density at radius 1 is 1.29 bits per heavy atom. The zero-order valence-corrected chi connectivity index (χ0v) is 13.8. The maximum absolute atomic E-state index is 12.4. The van der Waals surface area contributed by atoms with Crippen LogP contribution < -0.4 is 5.56 Å². The summed E-state index contributed by atoms with van der Waals surface area (Å²) in [6, 6.07) is 10.3. The van der Waals surface area contributed by atoms with Crippen LogP contribution in [0.4, 0.5) is 0 Å². The molecule has 1 N–H and O–H groups in total. The summed E-state index contributed by atoms with van der Waals surface area (Å²) in [5.41, 5.74) is 1.72. The van der Waals surface area contributed by atoms with Crippen LogP contribution in [0.5, 0.6) is 0 Å². The molecule has 0 amide bonds. The minimum Gasteiger partial charge on any atom is -0.310 e. The predicted molar refractivity (Wildman–Crippen MR) is 93.2 cm³/mol. The van der Waals surface area contributed by atoms with E-state index in [4.69, 9.17) is 4.98 Å². The average molecular weight is 323 g/mol. The number of hydrogen-bond acceptors (Lipinski definition) is 4.